The molecule has 1 fully saturated rings. The first-order valence-electron chi connectivity index (χ1n) is 12.4. The number of hydrogen-bond donors (Lipinski definition) is 4. The third kappa shape index (κ3) is 8.54. The summed E-state index contributed by atoms with van der Waals surface area (Å²) < 4.78 is 0. The van der Waals surface area contributed by atoms with Gasteiger partial charge in [-0.15, -0.1) is 0 Å². The Morgan fingerprint density at radius 3 is 2.24 bits per heavy atom. The van der Waals surface area contributed by atoms with E-state index in [1.54, 1.807) is 36.4 Å². The number of hydrogen-bond acceptors (Lipinski definition) is 4. The van der Waals surface area contributed by atoms with Crippen LogP contribution < -0.4 is 21.3 Å². The number of carbonyl (C=O) groups excluding carboxylic acids is 3. The molecule has 7 heteroatoms. The van der Waals surface area contributed by atoms with E-state index in [-0.39, 0.29) is 30.3 Å². The molecule has 1 aliphatic carbocycles. The van der Waals surface area contributed by atoms with Crippen LogP contribution in [0.2, 0.25) is 0 Å². The van der Waals surface area contributed by atoms with Gasteiger partial charge in [0, 0.05) is 35.1 Å². The molecule has 0 saturated heterocycles. The number of anilines is 3. The van der Waals surface area contributed by atoms with Crippen molar-refractivity contribution >= 4 is 34.8 Å². The number of rotatable bonds is 11. The van der Waals surface area contributed by atoms with Crippen molar-refractivity contribution in [1.29, 1.82) is 0 Å². The Morgan fingerprint density at radius 2 is 1.50 bits per heavy atom. The molecule has 4 N–H and O–H groups in total. The molecule has 2 aromatic carbocycles. The van der Waals surface area contributed by atoms with Crippen LogP contribution in [-0.2, 0) is 9.59 Å². The molecular formula is C27H36N4O3. The highest BCUT2D eigenvalue weighted by Crippen LogP contribution is 2.19. The lowest BCUT2D eigenvalue weighted by molar-refractivity contribution is -0.116. The van der Waals surface area contributed by atoms with Gasteiger partial charge >= 0.3 is 0 Å². The highest BCUT2D eigenvalue weighted by Gasteiger charge is 2.17. The lowest BCUT2D eigenvalue weighted by Crippen LogP contribution is -2.36. The van der Waals surface area contributed by atoms with Crippen LogP contribution >= 0.6 is 0 Å². The first-order valence-corrected chi connectivity index (χ1v) is 12.4. The molecule has 0 aromatic heterocycles. The number of benzene rings is 2. The summed E-state index contributed by atoms with van der Waals surface area (Å²) in [6.07, 6.45) is 9.10. The van der Waals surface area contributed by atoms with Crippen molar-refractivity contribution in [3.8, 4) is 0 Å². The highest BCUT2D eigenvalue weighted by atomic mass is 16.2. The molecule has 3 amide bonds. The molecule has 1 saturated carbocycles. The fourth-order valence-electron chi connectivity index (χ4n) is 4.11. The summed E-state index contributed by atoms with van der Waals surface area (Å²) in [6, 6.07) is 14.6. The molecule has 2 aromatic rings. The quantitative estimate of drug-likeness (QED) is 0.338. The van der Waals surface area contributed by atoms with Crippen LogP contribution in [0, 0.1) is 0 Å². The fourth-order valence-corrected chi connectivity index (χ4v) is 4.11. The summed E-state index contributed by atoms with van der Waals surface area (Å²) in [7, 11) is 0. The van der Waals surface area contributed by atoms with Crippen molar-refractivity contribution in [1.82, 2.24) is 5.32 Å². The Bertz CT molecular complexity index is 970. The summed E-state index contributed by atoms with van der Waals surface area (Å²) in [6.45, 7) is 2.16. The van der Waals surface area contributed by atoms with Crippen molar-refractivity contribution in [2.24, 2.45) is 0 Å². The van der Waals surface area contributed by atoms with Crippen LogP contribution in [0.1, 0.15) is 75.1 Å². The van der Waals surface area contributed by atoms with Gasteiger partial charge in [0.25, 0.3) is 5.91 Å². The zero-order valence-corrected chi connectivity index (χ0v) is 20.0. The van der Waals surface area contributed by atoms with E-state index in [0.29, 0.717) is 29.0 Å². The van der Waals surface area contributed by atoms with Crippen molar-refractivity contribution in [3.05, 3.63) is 54.1 Å². The molecule has 0 heterocycles. The van der Waals surface area contributed by atoms with Gasteiger partial charge in [-0.25, -0.2) is 0 Å². The van der Waals surface area contributed by atoms with Gasteiger partial charge in [0.15, 0.2) is 0 Å². The number of nitrogens with one attached hydrogen (secondary N) is 4. The second kappa shape index (κ2) is 13.4. The van der Waals surface area contributed by atoms with Crippen molar-refractivity contribution in [2.45, 2.75) is 70.8 Å². The average Bonchev–Trinajstić information content (AvgIpc) is 2.84. The van der Waals surface area contributed by atoms with E-state index in [1.807, 2.05) is 12.1 Å². The molecule has 0 bridgehead atoms. The molecule has 3 rings (SSSR count). The molecule has 0 unspecified atom stereocenters. The summed E-state index contributed by atoms with van der Waals surface area (Å²) in [5.41, 5.74) is 2.56. The van der Waals surface area contributed by atoms with Crippen LogP contribution in [0.3, 0.4) is 0 Å². The van der Waals surface area contributed by atoms with E-state index in [4.69, 9.17) is 0 Å². The first kappa shape index (κ1) is 25.3. The van der Waals surface area contributed by atoms with Crippen LogP contribution in [0.15, 0.2) is 48.5 Å². The van der Waals surface area contributed by atoms with E-state index >= 15 is 0 Å². The second-order valence-corrected chi connectivity index (χ2v) is 8.88. The smallest absolute Gasteiger partial charge is 0.251 e. The van der Waals surface area contributed by atoms with E-state index in [0.717, 1.165) is 44.9 Å². The van der Waals surface area contributed by atoms with Crippen molar-refractivity contribution in [3.63, 3.8) is 0 Å². The second-order valence-electron chi connectivity index (χ2n) is 8.88. The maximum absolute atomic E-state index is 12.6. The zero-order valence-electron chi connectivity index (χ0n) is 20.0. The molecule has 0 radical (unpaired) electrons. The molecule has 0 spiro atoms. The molecule has 7 nitrogen and oxygen atoms in total. The third-order valence-corrected chi connectivity index (χ3v) is 5.96. The summed E-state index contributed by atoms with van der Waals surface area (Å²) in [4.78, 5) is 37.0. The SMILES string of the molecule is CCCCCC(=O)Nc1cccc(NC(=O)CNc2cccc(C(=O)NC3CCCCC3)c2)c1. The molecule has 0 aliphatic heterocycles. The van der Waals surface area contributed by atoms with Gasteiger partial charge < -0.3 is 21.3 Å². The van der Waals surface area contributed by atoms with Crippen LogP contribution in [0.25, 0.3) is 0 Å². The number of carbonyl (C=O) groups is 3. The van der Waals surface area contributed by atoms with Crippen molar-refractivity contribution < 1.29 is 14.4 Å². The van der Waals surface area contributed by atoms with E-state index < -0.39 is 0 Å². The van der Waals surface area contributed by atoms with Gasteiger partial charge in [-0.2, -0.15) is 0 Å². The van der Waals surface area contributed by atoms with Gasteiger partial charge in [-0.05, 0) is 55.7 Å². The van der Waals surface area contributed by atoms with E-state index in [2.05, 4.69) is 28.2 Å². The van der Waals surface area contributed by atoms with Gasteiger partial charge in [0.05, 0.1) is 6.54 Å². The Hall–Kier alpha value is -3.35. The molecule has 1 aliphatic rings. The maximum Gasteiger partial charge on any atom is 0.251 e. The summed E-state index contributed by atoms with van der Waals surface area (Å²) in [5.74, 6) is -0.317. The van der Waals surface area contributed by atoms with E-state index in [9.17, 15) is 14.4 Å². The highest BCUT2D eigenvalue weighted by molar-refractivity contribution is 5.97. The van der Waals surface area contributed by atoms with Gasteiger partial charge in [-0.1, -0.05) is 51.2 Å². The topological polar surface area (TPSA) is 99.3 Å². The fraction of sp³-hybridized carbons (Fsp3) is 0.444. The summed E-state index contributed by atoms with van der Waals surface area (Å²) >= 11 is 0. The van der Waals surface area contributed by atoms with Gasteiger partial charge in [0.1, 0.15) is 0 Å². The zero-order chi connectivity index (χ0) is 24.2. The number of unbranched alkanes of at least 4 members (excludes halogenated alkanes) is 2. The predicted molar refractivity (Wildman–Crippen MR) is 137 cm³/mol. The lowest BCUT2D eigenvalue weighted by Gasteiger charge is -2.22. The van der Waals surface area contributed by atoms with Crippen LogP contribution in [0.4, 0.5) is 17.1 Å². The number of amides is 3. The molecule has 0 atom stereocenters. The molecular weight excluding hydrogens is 428 g/mol. The monoisotopic (exact) mass is 464 g/mol. The standard InChI is InChI=1S/C27H36N4O3/c1-2-3-5-16-25(32)29-23-14-9-15-24(18-23)30-26(33)19-28-22-13-8-10-20(17-22)27(34)31-21-11-6-4-7-12-21/h8-10,13-15,17-18,21,28H,2-7,11-12,16,19H2,1H3,(H,29,32)(H,30,33)(H,31,34). The largest absolute Gasteiger partial charge is 0.376 e. The molecule has 34 heavy (non-hydrogen) atoms. The minimum absolute atomic E-state index is 0.0222. The minimum atomic E-state index is -0.219. The van der Waals surface area contributed by atoms with Crippen molar-refractivity contribution in [2.75, 3.05) is 22.5 Å². The van der Waals surface area contributed by atoms with Crippen LogP contribution in [0.5, 0.6) is 0 Å². The summed E-state index contributed by atoms with van der Waals surface area (Å²) in [5, 5.41) is 11.9. The Morgan fingerprint density at radius 1 is 0.824 bits per heavy atom. The Balaban J connectivity index is 1.47. The van der Waals surface area contributed by atoms with Gasteiger partial charge in [0.2, 0.25) is 11.8 Å². The average molecular weight is 465 g/mol. The maximum atomic E-state index is 12.6. The third-order valence-electron chi connectivity index (χ3n) is 5.96. The Kier molecular flexibility index (Phi) is 9.95. The normalized spacial score (nSPS) is 13.7. The minimum Gasteiger partial charge on any atom is -0.376 e. The van der Waals surface area contributed by atoms with E-state index in [1.165, 1.54) is 6.42 Å². The van der Waals surface area contributed by atoms with Crippen LogP contribution in [-0.4, -0.2) is 30.3 Å². The predicted octanol–water partition coefficient (Wildman–Crippen LogP) is 5.32. The van der Waals surface area contributed by atoms with Gasteiger partial charge in [-0.3, -0.25) is 14.4 Å². The molecule has 182 valence electrons. The lowest BCUT2D eigenvalue weighted by atomic mass is 9.95. The Labute approximate surface area is 202 Å². The first-order chi connectivity index (χ1) is 16.5.